The lowest BCUT2D eigenvalue weighted by Crippen LogP contribution is -2.51. The van der Waals surface area contributed by atoms with Crippen molar-refractivity contribution >= 4 is 29.3 Å². The number of carbonyl (C=O) groups excluding carboxylic acids is 1. The van der Waals surface area contributed by atoms with E-state index in [0.29, 0.717) is 35.8 Å². The van der Waals surface area contributed by atoms with Crippen molar-refractivity contribution in [1.29, 1.82) is 0 Å². The quantitative estimate of drug-likeness (QED) is 0.102. The monoisotopic (exact) mass is 732 g/mol. The molecule has 1 aliphatic heterocycles. The fourth-order valence-electron chi connectivity index (χ4n) is 5.30. The number of para-hydroxylation sites is 1. The number of rotatable bonds is 18. The highest BCUT2D eigenvalue weighted by atomic mass is 32.2. The molecule has 4 atom stereocenters. The van der Waals surface area contributed by atoms with E-state index in [1.807, 2.05) is 33.8 Å². The normalized spacial score (nSPS) is 17.3. The second-order valence-corrected chi connectivity index (χ2v) is 17.0. The van der Waals surface area contributed by atoms with Crippen LogP contribution in [0.5, 0.6) is 11.5 Å². The molecule has 1 fully saturated rings. The van der Waals surface area contributed by atoms with Gasteiger partial charge >= 0.3 is 13.6 Å². The number of nitrogens with two attached hydrogens (primary N) is 1. The van der Waals surface area contributed by atoms with Crippen LogP contribution >= 0.6 is 7.52 Å². The van der Waals surface area contributed by atoms with E-state index in [-0.39, 0.29) is 49.3 Å². The van der Waals surface area contributed by atoms with E-state index in [0.717, 1.165) is 0 Å². The van der Waals surface area contributed by atoms with Gasteiger partial charge in [-0.05, 0) is 80.3 Å². The Kier molecular flexibility index (Phi) is 14.1. The van der Waals surface area contributed by atoms with Crippen molar-refractivity contribution in [3.63, 3.8) is 0 Å². The van der Waals surface area contributed by atoms with Crippen molar-refractivity contribution in [2.45, 2.75) is 69.7 Å². The Hall–Kier alpha value is -3.65. The molecule has 3 aromatic carbocycles. The highest BCUT2D eigenvalue weighted by Crippen LogP contribution is 2.43. The zero-order valence-corrected chi connectivity index (χ0v) is 30.6. The number of nitrogens with zero attached hydrogens (tertiary/aromatic N) is 1. The van der Waals surface area contributed by atoms with Crippen molar-refractivity contribution in [2.24, 2.45) is 5.92 Å². The Labute approximate surface area is 295 Å². The summed E-state index contributed by atoms with van der Waals surface area (Å²) < 4.78 is 64.7. The van der Waals surface area contributed by atoms with Crippen LogP contribution in [0.2, 0.25) is 0 Å². The maximum Gasteiger partial charge on any atom is 0.407 e. The van der Waals surface area contributed by atoms with Gasteiger partial charge < -0.3 is 34.9 Å². The summed E-state index contributed by atoms with van der Waals surface area (Å²) in [4.78, 5) is 13.0. The molecule has 1 aliphatic rings. The first-order valence-corrected chi connectivity index (χ1v) is 19.9. The summed E-state index contributed by atoms with van der Waals surface area (Å²) in [5.74, 6) is 0.827. The Balaban J connectivity index is 1.49. The second kappa shape index (κ2) is 18.0. The Morgan fingerprint density at radius 3 is 2.28 bits per heavy atom. The largest absolute Gasteiger partial charge is 0.481 e. The maximum atomic E-state index is 13.7. The summed E-state index contributed by atoms with van der Waals surface area (Å²) in [7, 11) is -7.45. The minimum absolute atomic E-state index is 0.0441. The van der Waals surface area contributed by atoms with Crippen LogP contribution in [0, 0.1) is 5.92 Å². The van der Waals surface area contributed by atoms with Gasteiger partial charge in [-0.15, -0.1) is 0 Å². The molecule has 4 rings (SSSR count). The number of hydrogen-bond donors (Lipinski definition) is 4. The third-order valence-corrected chi connectivity index (χ3v) is 11.4. The number of carbonyl (C=O) groups is 1. The molecule has 0 bridgehead atoms. The number of alkyl carbamates (subject to hydrolysis) is 1. The van der Waals surface area contributed by atoms with Crippen LogP contribution in [0.3, 0.4) is 0 Å². The zero-order chi connectivity index (χ0) is 36.3. The van der Waals surface area contributed by atoms with Crippen molar-refractivity contribution in [1.82, 2.24) is 14.7 Å². The van der Waals surface area contributed by atoms with Gasteiger partial charge in [0.05, 0.1) is 30.3 Å². The summed E-state index contributed by atoms with van der Waals surface area (Å²) >= 11 is 0. The van der Waals surface area contributed by atoms with E-state index in [1.165, 1.54) is 28.6 Å². The lowest BCUT2D eigenvalue weighted by molar-refractivity contribution is 0.0644. The predicted octanol–water partition coefficient (Wildman–Crippen LogP) is 5.01. The molecule has 0 saturated carbocycles. The third kappa shape index (κ3) is 12.0. The van der Waals surface area contributed by atoms with Gasteiger partial charge in [0.25, 0.3) is 0 Å². The van der Waals surface area contributed by atoms with Crippen molar-refractivity contribution in [3.8, 4) is 11.5 Å². The van der Waals surface area contributed by atoms with E-state index in [2.05, 4.69) is 10.4 Å². The minimum atomic E-state index is -4.01. The summed E-state index contributed by atoms with van der Waals surface area (Å²) in [5, 5.41) is 17.3. The first-order valence-electron chi connectivity index (χ1n) is 16.6. The van der Waals surface area contributed by atoms with Crippen LogP contribution in [0.25, 0.3) is 0 Å². The Bertz CT molecular complexity index is 1650. The highest BCUT2D eigenvalue weighted by Gasteiger charge is 2.32. The lowest BCUT2D eigenvalue weighted by Gasteiger charge is -2.30. The maximum absolute atomic E-state index is 13.7. The minimum Gasteiger partial charge on any atom is -0.481 e. The van der Waals surface area contributed by atoms with Crippen LogP contribution in [-0.4, -0.2) is 80.9 Å². The van der Waals surface area contributed by atoms with Crippen molar-refractivity contribution in [2.75, 3.05) is 38.4 Å². The van der Waals surface area contributed by atoms with Crippen LogP contribution in [-0.2, 0) is 30.5 Å². The van der Waals surface area contributed by atoms with Crippen molar-refractivity contribution in [3.05, 3.63) is 84.4 Å². The van der Waals surface area contributed by atoms with Gasteiger partial charge in [0.2, 0.25) is 10.0 Å². The summed E-state index contributed by atoms with van der Waals surface area (Å²) in [6.45, 7) is 8.09. The van der Waals surface area contributed by atoms with Crippen molar-refractivity contribution < 1.29 is 41.6 Å². The van der Waals surface area contributed by atoms with Crippen LogP contribution in [0.4, 0.5) is 10.5 Å². The van der Waals surface area contributed by atoms with Gasteiger partial charge in [-0.25, -0.2) is 18.3 Å². The molecule has 0 spiro atoms. The van der Waals surface area contributed by atoms with Gasteiger partial charge in [-0.1, -0.05) is 44.2 Å². The average molecular weight is 733 g/mol. The van der Waals surface area contributed by atoms with E-state index < -0.39 is 41.9 Å². The standard InChI is InChI=1S/C35H49N4O9PS/c1-25(2)21-39(50(43,44)32-16-12-28(36)13-17-32)22-34(40)33(37-35(41)47-31-18-19-45-23-31)20-27-10-14-29(15-11-27)46-24-49(42,38-26(3)4)48-30-8-6-5-7-9-30/h5-17,25-26,31,33-34,40H,18-24,36H2,1-4H3,(H,37,41)(H,38,42)/t31-,33-,34+,49?/m0/s1. The zero-order valence-electron chi connectivity index (χ0n) is 28.9. The molecular weight excluding hydrogens is 683 g/mol. The average Bonchev–Trinajstić information content (AvgIpc) is 3.57. The van der Waals surface area contributed by atoms with E-state index in [9.17, 15) is 22.9 Å². The number of ether oxygens (including phenoxy) is 3. The molecule has 1 amide bonds. The molecule has 274 valence electrons. The number of anilines is 1. The van der Waals surface area contributed by atoms with Gasteiger partial charge in [0.15, 0.2) is 6.35 Å². The number of hydrogen-bond acceptors (Lipinski definition) is 10. The number of nitrogens with one attached hydrogen (secondary N) is 2. The van der Waals surface area contributed by atoms with Gasteiger partial charge in [-0.3, -0.25) is 4.57 Å². The molecule has 3 aromatic rings. The molecular formula is C35H49N4O9PS. The topological polar surface area (TPSA) is 179 Å². The van der Waals surface area contributed by atoms with Gasteiger partial charge in [0.1, 0.15) is 17.6 Å². The van der Waals surface area contributed by atoms with Gasteiger partial charge in [-0.2, -0.15) is 4.31 Å². The summed E-state index contributed by atoms with van der Waals surface area (Å²) in [5.41, 5.74) is 6.92. The van der Waals surface area contributed by atoms with E-state index in [1.54, 1.807) is 48.5 Å². The number of nitrogen functional groups attached to an aromatic ring is 1. The highest BCUT2D eigenvalue weighted by molar-refractivity contribution is 7.89. The molecule has 50 heavy (non-hydrogen) atoms. The molecule has 0 radical (unpaired) electrons. The predicted molar refractivity (Wildman–Crippen MR) is 192 cm³/mol. The fourth-order valence-corrected chi connectivity index (χ4v) is 8.67. The molecule has 15 heteroatoms. The number of amides is 1. The summed E-state index contributed by atoms with van der Waals surface area (Å²) in [6.07, 6.45) is -2.01. The van der Waals surface area contributed by atoms with Gasteiger partial charge in [0, 0.05) is 31.2 Å². The smallest absolute Gasteiger partial charge is 0.407 e. The lowest BCUT2D eigenvalue weighted by atomic mass is 10.0. The second-order valence-electron chi connectivity index (χ2n) is 13.0. The van der Waals surface area contributed by atoms with Crippen LogP contribution in [0.15, 0.2) is 83.8 Å². The molecule has 13 nitrogen and oxygen atoms in total. The fraction of sp³-hybridized carbons (Fsp3) is 0.457. The number of aliphatic hydroxyl groups excluding tert-OH is 1. The van der Waals surface area contributed by atoms with Crippen LogP contribution < -0.4 is 25.4 Å². The third-order valence-electron chi connectivity index (χ3n) is 7.64. The first kappa shape index (κ1) is 39.1. The molecule has 0 aliphatic carbocycles. The molecule has 1 heterocycles. The van der Waals surface area contributed by atoms with E-state index in [4.69, 9.17) is 24.5 Å². The van der Waals surface area contributed by atoms with E-state index >= 15 is 0 Å². The van der Waals surface area contributed by atoms with Crippen LogP contribution in [0.1, 0.15) is 39.7 Å². The number of aliphatic hydroxyl groups is 1. The molecule has 0 aromatic heterocycles. The molecule has 5 N–H and O–H groups in total. The molecule has 1 saturated heterocycles. The SMILES string of the molecule is CC(C)CN(C[C@@H](O)[C@H](Cc1ccc(OCP(=O)(NC(C)C)Oc2ccccc2)cc1)NC(=O)O[C@H]1CCOC1)S(=O)(=O)c1ccc(N)cc1. The molecule has 1 unspecified atom stereocenters. The first-order chi connectivity index (χ1) is 23.7. The Morgan fingerprint density at radius 2 is 1.68 bits per heavy atom. The Morgan fingerprint density at radius 1 is 1.00 bits per heavy atom. The number of sulfonamides is 1. The summed E-state index contributed by atoms with van der Waals surface area (Å²) in [6, 6.07) is 20.5. The number of benzene rings is 3.